The Bertz CT molecular complexity index is 948. The number of aromatic nitrogens is 3. The topological polar surface area (TPSA) is 61.9 Å². The van der Waals surface area contributed by atoms with Crippen LogP contribution in [-0.4, -0.2) is 39.6 Å². The van der Waals surface area contributed by atoms with Crippen LogP contribution in [0.1, 0.15) is 55.4 Å². The molecule has 0 saturated carbocycles. The lowest BCUT2D eigenvalue weighted by atomic mass is 10.1. The number of rotatable bonds is 10. The summed E-state index contributed by atoms with van der Waals surface area (Å²) in [4.78, 5) is 18.7. The van der Waals surface area contributed by atoms with Gasteiger partial charge in [-0.3, -0.25) is 9.89 Å². The summed E-state index contributed by atoms with van der Waals surface area (Å²) >= 11 is 1.63. The lowest BCUT2D eigenvalue weighted by Gasteiger charge is -2.16. The van der Waals surface area contributed by atoms with Gasteiger partial charge in [-0.25, -0.2) is 9.37 Å². The van der Waals surface area contributed by atoms with Crippen LogP contribution in [-0.2, 0) is 17.6 Å². The van der Waals surface area contributed by atoms with Crippen molar-refractivity contribution in [2.75, 3.05) is 13.6 Å². The smallest absolute Gasteiger partial charge is 0.228 e. The molecule has 1 N–H and O–H groups in total. The largest absolute Gasteiger partial charge is 0.345 e. The molecule has 0 saturated heterocycles. The summed E-state index contributed by atoms with van der Waals surface area (Å²) in [5.41, 5.74) is 3.68. The minimum Gasteiger partial charge on any atom is -0.345 e. The maximum absolute atomic E-state index is 13.0. The van der Waals surface area contributed by atoms with E-state index in [1.165, 1.54) is 12.1 Å². The van der Waals surface area contributed by atoms with Crippen molar-refractivity contribution in [2.45, 2.75) is 51.9 Å². The van der Waals surface area contributed by atoms with Crippen molar-refractivity contribution in [1.29, 1.82) is 0 Å². The Labute approximate surface area is 181 Å². The second-order valence-corrected chi connectivity index (χ2v) is 8.81. The number of aromatic amines is 1. The van der Waals surface area contributed by atoms with Gasteiger partial charge in [0.1, 0.15) is 5.82 Å². The highest BCUT2D eigenvalue weighted by Crippen LogP contribution is 2.20. The third kappa shape index (κ3) is 6.23. The number of halogens is 1. The lowest BCUT2D eigenvalue weighted by molar-refractivity contribution is -0.129. The molecule has 3 aromatic rings. The first-order chi connectivity index (χ1) is 14.4. The minimum atomic E-state index is -0.246. The van der Waals surface area contributed by atoms with Crippen LogP contribution in [0.3, 0.4) is 0 Å². The van der Waals surface area contributed by atoms with Gasteiger partial charge < -0.3 is 4.90 Å². The van der Waals surface area contributed by atoms with Crippen molar-refractivity contribution in [3.05, 3.63) is 57.9 Å². The Hall–Kier alpha value is -2.54. The van der Waals surface area contributed by atoms with Crippen molar-refractivity contribution < 1.29 is 9.18 Å². The van der Waals surface area contributed by atoms with Gasteiger partial charge in [-0.05, 0) is 49.6 Å². The molecule has 3 rings (SSSR count). The van der Waals surface area contributed by atoms with Crippen molar-refractivity contribution in [2.24, 2.45) is 0 Å². The van der Waals surface area contributed by atoms with Gasteiger partial charge in [0.2, 0.25) is 5.91 Å². The van der Waals surface area contributed by atoms with E-state index in [1.54, 1.807) is 28.4 Å². The number of hydrogen-bond acceptors (Lipinski definition) is 4. The number of nitrogens with zero attached hydrogens (tertiary/aromatic N) is 3. The van der Waals surface area contributed by atoms with E-state index in [4.69, 9.17) is 0 Å². The predicted molar refractivity (Wildman–Crippen MR) is 119 cm³/mol. The molecule has 0 atom stereocenters. The number of nitrogens with one attached hydrogen (secondary N) is 1. The van der Waals surface area contributed by atoms with E-state index in [1.807, 2.05) is 18.5 Å². The molecule has 0 radical (unpaired) electrons. The highest BCUT2D eigenvalue weighted by molar-refractivity contribution is 7.09. The number of carbonyl (C=O) groups is 1. The van der Waals surface area contributed by atoms with Crippen molar-refractivity contribution >= 4 is 17.2 Å². The van der Waals surface area contributed by atoms with Crippen LogP contribution in [0.2, 0.25) is 0 Å². The van der Waals surface area contributed by atoms with Crippen LogP contribution >= 0.6 is 11.3 Å². The number of thiazole rings is 1. The van der Waals surface area contributed by atoms with Crippen LogP contribution in [0.15, 0.2) is 35.7 Å². The normalized spacial score (nSPS) is 11.2. The summed E-state index contributed by atoms with van der Waals surface area (Å²) in [6.45, 7) is 4.98. The molecule has 0 spiro atoms. The van der Waals surface area contributed by atoms with E-state index < -0.39 is 0 Å². The van der Waals surface area contributed by atoms with Crippen LogP contribution < -0.4 is 0 Å². The number of carbonyl (C=O) groups excluding carboxylic acids is 1. The third-order valence-electron chi connectivity index (χ3n) is 5.03. The molecule has 30 heavy (non-hydrogen) atoms. The molecule has 2 aromatic heterocycles. The van der Waals surface area contributed by atoms with E-state index in [2.05, 4.69) is 29.0 Å². The summed E-state index contributed by atoms with van der Waals surface area (Å²) in [5, 5.41) is 10.4. The number of likely N-dealkylation sites (N-methyl/N-ethyl adjacent to an activating group) is 1. The Morgan fingerprint density at radius 3 is 2.67 bits per heavy atom. The number of hydrogen-bond donors (Lipinski definition) is 1. The molecular formula is C23H29FN4OS. The standard InChI is InChI=1S/C23H29FN4OS/c1-16(2)23-25-20(15-30-23)14-22(29)28(3)12-6-4-5-7-19-13-21(27-26-19)17-8-10-18(24)11-9-17/h8-11,13,15-16H,4-7,12,14H2,1-3H3,(H,26,27). The molecular weight excluding hydrogens is 399 g/mol. The molecule has 0 unspecified atom stereocenters. The van der Waals surface area contributed by atoms with Crippen LogP contribution in [0, 0.1) is 5.82 Å². The van der Waals surface area contributed by atoms with Gasteiger partial charge in [0.15, 0.2) is 0 Å². The monoisotopic (exact) mass is 428 g/mol. The summed E-state index contributed by atoms with van der Waals surface area (Å²) in [7, 11) is 1.86. The number of H-pyrrole nitrogens is 1. The van der Waals surface area contributed by atoms with Crippen LogP contribution in [0.5, 0.6) is 0 Å². The molecule has 7 heteroatoms. The lowest BCUT2D eigenvalue weighted by Crippen LogP contribution is -2.29. The van der Waals surface area contributed by atoms with E-state index in [0.717, 1.165) is 59.9 Å². The Morgan fingerprint density at radius 1 is 1.20 bits per heavy atom. The molecule has 0 bridgehead atoms. The highest BCUT2D eigenvalue weighted by atomic mass is 32.1. The quantitative estimate of drug-likeness (QED) is 0.451. The molecule has 160 valence electrons. The third-order valence-corrected chi connectivity index (χ3v) is 6.23. The molecule has 1 aromatic carbocycles. The Balaban J connectivity index is 1.35. The molecule has 0 aliphatic heterocycles. The number of unbranched alkanes of at least 4 members (excludes halogenated alkanes) is 2. The maximum Gasteiger partial charge on any atom is 0.228 e. The van der Waals surface area contributed by atoms with Gasteiger partial charge in [-0.1, -0.05) is 20.3 Å². The fraction of sp³-hybridized carbons (Fsp3) is 0.435. The van der Waals surface area contributed by atoms with E-state index in [9.17, 15) is 9.18 Å². The zero-order valence-corrected chi connectivity index (χ0v) is 18.6. The average molecular weight is 429 g/mol. The van der Waals surface area contributed by atoms with E-state index in [0.29, 0.717) is 12.3 Å². The predicted octanol–water partition coefficient (Wildman–Crippen LogP) is 5.21. The van der Waals surface area contributed by atoms with Gasteiger partial charge in [0.25, 0.3) is 0 Å². The van der Waals surface area contributed by atoms with Gasteiger partial charge >= 0.3 is 0 Å². The summed E-state index contributed by atoms with van der Waals surface area (Å²) in [6, 6.07) is 8.37. The number of benzene rings is 1. The number of aryl methyl sites for hydroxylation is 1. The fourth-order valence-electron chi connectivity index (χ4n) is 3.18. The Morgan fingerprint density at radius 2 is 1.97 bits per heavy atom. The number of amides is 1. The first kappa shape index (κ1) is 22.2. The van der Waals surface area contributed by atoms with Gasteiger partial charge in [0, 0.05) is 36.1 Å². The summed E-state index contributed by atoms with van der Waals surface area (Å²) in [6.07, 6.45) is 4.31. The minimum absolute atomic E-state index is 0.119. The second-order valence-electron chi connectivity index (χ2n) is 7.92. The van der Waals surface area contributed by atoms with E-state index >= 15 is 0 Å². The van der Waals surface area contributed by atoms with Gasteiger partial charge in [0.05, 0.1) is 22.8 Å². The summed E-state index contributed by atoms with van der Waals surface area (Å²) < 4.78 is 13.0. The molecule has 2 heterocycles. The maximum atomic E-state index is 13.0. The molecule has 0 fully saturated rings. The fourth-order valence-corrected chi connectivity index (χ4v) is 4.02. The molecule has 0 aliphatic rings. The molecule has 0 aliphatic carbocycles. The van der Waals surface area contributed by atoms with E-state index in [-0.39, 0.29) is 11.7 Å². The summed E-state index contributed by atoms with van der Waals surface area (Å²) in [5.74, 6) is 0.274. The second kappa shape index (κ2) is 10.5. The first-order valence-corrected chi connectivity index (χ1v) is 11.3. The van der Waals surface area contributed by atoms with Gasteiger partial charge in [-0.2, -0.15) is 5.10 Å². The van der Waals surface area contributed by atoms with Crippen molar-refractivity contribution in [1.82, 2.24) is 20.1 Å². The van der Waals surface area contributed by atoms with Crippen LogP contribution in [0.4, 0.5) is 4.39 Å². The highest BCUT2D eigenvalue weighted by Gasteiger charge is 2.13. The molecule has 5 nitrogen and oxygen atoms in total. The van der Waals surface area contributed by atoms with Crippen molar-refractivity contribution in [3.8, 4) is 11.3 Å². The van der Waals surface area contributed by atoms with Crippen molar-refractivity contribution in [3.63, 3.8) is 0 Å². The SMILES string of the molecule is CC(C)c1nc(CC(=O)N(C)CCCCCc2cc(-c3ccc(F)cc3)n[nH]2)cs1. The van der Waals surface area contributed by atoms with Crippen LogP contribution in [0.25, 0.3) is 11.3 Å². The average Bonchev–Trinajstić information content (AvgIpc) is 3.38. The zero-order chi connectivity index (χ0) is 21.5. The molecule has 1 amide bonds. The van der Waals surface area contributed by atoms with Gasteiger partial charge in [-0.15, -0.1) is 11.3 Å². The Kier molecular flexibility index (Phi) is 7.74. The zero-order valence-electron chi connectivity index (χ0n) is 17.8. The first-order valence-electron chi connectivity index (χ1n) is 10.4.